The minimum atomic E-state index is 0.646. The van der Waals surface area contributed by atoms with E-state index in [0.29, 0.717) is 5.82 Å². The van der Waals surface area contributed by atoms with Crippen molar-refractivity contribution >= 4 is 0 Å². The molecule has 0 aliphatic rings. The number of aromatic nitrogens is 5. The second kappa shape index (κ2) is 6.34. The average molecular weight is 311 g/mol. The van der Waals surface area contributed by atoms with Crippen molar-refractivity contribution in [3.8, 4) is 33.8 Å². The molecule has 0 unspecified atom stereocenters. The molecule has 5 nitrogen and oxygen atoms in total. The van der Waals surface area contributed by atoms with E-state index in [1.54, 1.807) is 37.2 Å². The van der Waals surface area contributed by atoms with Crippen LogP contribution in [-0.2, 0) is 0 Å². The van der Waals surface area contributed by atoms with Crippen molar-refractivity contribution < 1.29 is 0 Å². The topological polar surface area (TPSA) is 64.5 Å². The molecule has 4 aromatic rings. The normalized spacial score (nSPS) is 10.5. The van der Waals surface area contributed by atoms with Gasteiger partial charge >= 0.3 is 0 Å². The van der Waals surface area contributed by atoms with E-state index < -0.39 is 0 Å². The molecule has 0 aromatic carbocycles. The van der Waals surface area contributed by atoms with Crippen LogP contribution in [0.3, 0.4) is 0 Å². The summed E-state index contributed by atoms with van der Waals surface area (Å²) in [6.45, 7) is 0. The number of nitrogens with zero attached hydrogens (tertiary/aromatic N) is 5. The number of hydrogen-bond acceptors (Lipinski definition) is 5. The Balaban J connectivity index is 1.92. The van der Waals surface area contributed by atoms with Gasteiger partial charge in [0.25, 0.3) is 0 Å². The van der Waals surface area contributed by atoms with E-state index in [1.165, 1.54) is 0 Å². The first-order valence-corrected chi connectivity index (χ1v) is 7.50. The third kappa shape index (κ3) is 2.75. The Morgan fingerprint density at radius 2 is 1.29 bits per heavy atom. The van der Waals surface area contributed by atoms with Crippen molar-refractivity contribution in [2.75, 3.05) is 0 Å². The van der Waals surface area contributed by atoms with Crippen LogP contribution >= 0.6 is 0 Å². The molecule has 4 heterocycles. The molecule has 0 fully saturated rings. The quantitative estimate of drug-likeness (QED) is 0.577. The average Bonchev–Trinajstić information content (AvgIpc) is 2.69. The SMILES string of the molecule is c1cncc(-c2ncc(-c3ccncc3)c(-c3ccncc3)n2)c1. The Kier molecular flexibility index (Phi) is 3.73. The monoisotopic (exact) mass is 311 g/mol. The zero-order valence-corrected chi connectivity index (χ0v) is 12.7. The van der Waals surface area contributed by atoms with Crippen LogP contribution in [0.2, 0.25) is 0 Å². The summed E-state index contributed by atoms with van der Waals surface area (Å²) >= 11 is 0. The first kappa shape index (κ1) is 14.1. The summed E-state index contributed by atoms with van der Waals surface area (Å²) in [7, 11) is 0. The van der Waals surface area contributed by atoms with Crippen LogP contribution in [0.25, 0.3) is 33.8 Å². The zero-order chi connectivity index (χ0) is 16.2. The van der Waals surface area contributed by atoms with Crippen LogP contribution in [0.5, 0.6) is 0 Å². The van der Waals surface area contributed by atoms with Crippen molar-refractivity contribution in [2.24, 2.45) is 0 Å². The molecule has 5 heteroatoms. The largest absolute Gasteiger partial charge is 0.265 e. The van der Waals surface area contributed by atoms with Gasteiger partial charge in [0, 0.05) is 60.1 Å². The first-order chi connectivity index (χ1) is 11.9. The fourth-order valence-corrected chi connectivity index (χ4v) is 2.49. The molecule has 4 rings (SSSR count). The molecule has 0 spiro atoms. The van der Waals surface area contributed by atoms with Crippen molar-refractivity contribution in [3.63, 3.8) is 0 Å². The molecule has 24 heavy (non-hydrogen) atoms. The number of rotatable bonds is 3. The predicted octanol–water partition coefficient (Wildman–Crippen LogP) is 3.66. The molecule has 0 radical (unpaired) electrons. The molecular formula is C19H13N5. The third-order valence-electron chi connectivity index (χ3n) is 3.65. The second-order valence-electron chi connectivity index (χ2n) is 5.17. The van der Waals surface area contributed by atoms with Gasteiger partial charge in [0.15, 0.2) is 5.82 Å². The summed E-state index contributed by atoms with van der Waals surface area (Å²) in [5.74, 6) is 0.646. The molecule has 0 N–H and O–H groups in total. The van der Waals surface area contributed by atoms with Gasteiger partial charge in [-0.05, 0) is 42.0 Å². The molecule has 0 atom stereocenters. The maximum absolute atomic E-state index is 4.79. The van der Waals surface area contributed by atoms with Crippen LogP contribution in [0, 0.1) is 0 Å². The lowest BCUT2D eigenvalue weighted by Gasteiger charge is -2.10. The Hall–Kier alpha value is -3.47. The molecule has 0 saturated carbocycles. The van der Waals surface area contributed by atoms with E-state index in [1.807, 2.05) is 42.6 Å². The number of hydrogen-bond donors (Lipinski definition) is 0. The Bertz CT molecular complexity index is 941. The van der Waals surface area contributed by atoms with E-state index in [2.05, 4.69) is 19.9 Å². The Morgan fingerprint density at radius 3 is 1.96 bits per heavy atom. The lowest BCUT2D eigenvalue weighted by Crippen LogP contribution is -1.96. The lowest BCUT2D eigenvalue weighted by molar-refractivity contribution is 1.16. The summed E-state index contributed by atoms with van der Waals surface area (Å²) in [6, 6.07) is 11.6. The maximum Gasteiger partial charge on any atom is 0.161 e. The fourth-order valence-electron chi connectivity index (χ4n) is 2.49. The summed E-state index contributed by atoms with van der Waals surface area (Å²) in [5.41, 5.74) is 4.71. The molecule has 0 aliphatic heterocycles. The van der Waals surface area contributed by atoms with Gasteiger partial charge in [-0.25, -0.2) is 9.97 Å². The van der Waals surface area contributed by atoms with Gasteiger partial charge in [-0.2, -0.15) is 0 Å². The highest BCUT2D eigenvalue weighted by molar-refractivity contribution is 5.81. The standard InChI is InChI=1S/C19H13N5/c1-2-16(12-22-7-1)19-23-13-17(14-3-8-20-9-4-14)18(24-19)15-5-10-21-11-6-15/h1-13H. The van der Waals surface area contributed by atoms with Gasteiger partial charge < -0.3 is 0 Å². The van der Waals surface area contributed by atoms with E-state index in [9.17, 15) is 0 Å². The van der Waals surface area contributed by atoms with E-state index in [4.69, 9.17) is 4.98 Å². The third-order valence-corrected chi connectivity index (χ3v) is 3.65. The summed E-state index contributed by atoms with van der Waals surface area (Å²) < 4.78 is 0. The van der Waals surface area contributed by atoms with Crippen LogP contribution < -0.4 is 0 Å². The van der Waals surface area contributed by atoms with Gasteiger partial charge in [0.1, 0.15) is 0 Å². The molecular weight excluding hydrogens is 298 g/mol. The van der Waals surface area contributed by atoms with Crippen LogP contribution in [-0.4, -0.2) is 24.9 Å². The number of pyridine rings is 3. The zero-order valence-electron chi connectivity index (χ0n) is 12.7. The first-order valence-electron chi connectivity index (χ1n) is 7.50. The van der Waals surface area contributed by atoms with E-state index in [-0.39, 0.29) is 0 Å². The van der Waals surface area contributed by atoms with E-state index >= 15 is 0 Å². The van der Waals surface area contributed by atoms with Gasteiger partial charge in [-0.15, -0.1) is 0 Å². The maximum atomic E-state index is 4.79. The smallest absolute Gasteiger partial charge is 0.161 e. The minimum absolute atomic E-state index is 0.646. The highest BCUT2D eigenvalue weighted by Crippen LogP contribution is 2.30. The molecule has 0 bridgehead atoms. The van der Waals surface area contributed by atoms with E-state index in [0.717, 1.165) is 27.9 Å². The fraction of sp³-hybridized carbons (Fsp3) is 0. The predicted molar refractivity (Wildman–Crippen MR) is 91.7 cm³/mol. The molecule has 0 saturated heterocycles. The highest BCUT2D eigenvalue weighted by atomic mass is 14.9. The van der Waals surface area contributed by atoms with Crippen LogP contribution in [0.1, 0.15) is 0 Å². The summed E-state index contributed by atoms with van der Waals surface area (Å²) in [6.07, 6.45) is 12.4. The Morgan fingerprint density at radius 1 is 0.583 bits per heavy atom. The van der Waals surface area contributed by atoms with Crippen molar-refractivity contribution in [1.82, 2.24) is 24.9 Å². The molecule has 4 aromatic heterocycles. The summed E-state index contributed by atoms with van der Waals surface area (Å²) in [5, 5.41) is 0. The second-order valence-corrected chi connectivity index (χ2v) is 5.17. The lowest BCUT2D eigenvalue weighted by atomic mass is 10.0. The minimum Gasteiger partial charge on any atom is -0.265 e. The van der Waals surface area contributed by atoms with Gasteiger partial charge in [0.2, 0.25) is 0 Å². The van der Waals surface area contributed by atoms with Crippen molar-refractivity contribution in [3.05, 3.63) is 79.8 Å². The van der Waals surface area contributed by atoms with Crippen molar-refractivity contribution in [2.45, 2.75) is 0 Å². The van der Waals surface area contributed by atoms with Gasteiger partial charge in [-0.3, -0.25) is 15.0 Å². The molecule has 0 amide bonds. The van der Waals surface area contributed by atoms with Crippen LogP contribution in [0.15, 0.2) is 79.8 Å². The molecule has 0 aliphatic carbocycles. The summed E-state index contributed by atoms with van der Waals surface area (Å²) in [4.78, 5) is 21.6. The van der Waals surface area contributed by atoms with Gasteiger partial charge in [-0.1, -0.05) is 0 Å². The van der Waals surface area contributed by atoms with Crippen molar-refractivity contribution in [1.29, 1.82) is 0 Å². The molecule has 114 valence electrons. The van der Waals surface area contributed by atoms with Gasteiger partial charge in [0.05, 0.1) is 5.69 Å². The Labute approximate surface area is 139 Å². The highest BCUT2D eigenvalue weighted by Gasteiger charge is 2.12. The van der Waals surface area contributed by atoms with Crippen LogP contribution in [0.4, 0.5) is 0 Å².